The van der Waals surface area contributed by atoms with Gasteiger partial charge in [0.05, 0.1) is 13.2 Å². The average Bonchev–Trinajstić information content (AvgIpc) is 2.29. The van der Waals surface area contributed by atoms with Crippen LogP contribution in [0.15, 0.2) is 36.4 Å². The van der Waals surface area contributed by atoms with Gasteiger partial charge in [-0.15, -0.1) is 0 Å². The third-order valence-corrected chi connectivity index (χ3v) is 2.42. The molecule has 2 nitrogen and oxygen atoms in total. The van der Waals surface area contributed by atoms with Crippen molar-refractivity contribution in [2.75, 3.05) is 7.11 Å². The minimum absolute atomic E-state index is 0.139. The Labute approximate surface area is 95.8 Å². The molecule has 0 amide bonds. The molecule has 0 atom stereocenters. The highest BCUT2D eigenvalue weighted by molar-refractivity contribution is 5.90. The van der Waals surface area contributed by atoms with Crippen molar-refractivity contribution in [2.45, 2.75) is 20.0 Å². The first-order valence-electron chi connectivity index (χ1n) is 5.44. The van der Waals surface area contributed by atoms with Crippen LogP contribution in [-0.2, 0) is 0 Å². The maximum atomic E-state index is 5.82. The molecule has 2 aromatic carbocycles. The van der Waals surface area contributed by atoms with Crippen molar-refractivity contribution in [3.8, 4) is 11.5 Å². The van der Waals surface area contributed by atoms with Crippen LogP contribution in [0.4, 0.5) is 0 Å². The van der Waals surface area contributed by atoms with Gasteiger partial charge in [-0.05, 0) is 25.3 Å². The summed E-state index contributed by atoms with van der Waals surface area (Å²) in [7, 11) is 1.66. The molecule has 0 fully saturated rings. The minimum Gasteiger partial charge on any atom is -0.493 e. The third kappa shape index (κ3) is 1.96. The number of rotatable bonds is 3. The fourth-order valence-electron chi connectivity index (χ4n) is 1.74. The highest BCUT2D eigenvalue weighted by Gasteiger charge is 2.10. The van der Waals surface area contributed by atoms with Gasteiger partial charge in [0.2, 0.25) is 0 Å². The van der Waals surface area contributed by atoms with Crippen LogP contribution in [0.3, 0.4) is 0 Å². The average molecular weight is 216 g/mol. The molecular formula is C14H16O2. The topological polar surface area (TPSA) is 18.5 Å². The second kappa shape index (κ2) is 4.44. The molecule has 2 heteroatoms. The second-order valence-corrected chi connectivity index (χ2v) is 3.98. The normalized spacial score (nSPS) is 10.8. The van der Waals surface area contributed by atoms with Crippen molar-refractivity contribution in [3.63, 3.8) is 0 Å². The summed E-state index contributed by atoms with van der Waals surface area (Å²) in [4.78, 5) is 0. The summed E-state index contributed by atoms with van der Waals surface area (Å²) < 4.78 is 11.2. The fraction of sp³-hybridized carbons (Fsp3) is 0.286. The van der Waals surface area contributed by atoms with E-state index in [1.54, 1.807) is 7.11 Å². The summed E-state index contributed by atoms with van der Waals surface area (Å²) in [6, 6.07) is 12.1. The van der Waals surface area contributed by atoms with E-state index in [9.17, 15) is 0 Å². The van der Waals surface area contributed by atoms with Gasteiger partial charge in [0, 0.05) is 5.39 Å². The summed E-state index contributed by atoms with van der Waals surface area (Å²) in [6.45, 7) is 4.03. The molecule has 84 valence electrons. The first-order valence-corrected chi connectivity index (χ1v) is 5.44. The minimum atomic E-state index is 0.139. The van der Waals surface area contributed by atoms with Gasteiger partial charge in [-0.3, -0.25) is 0 Å². The van der Waals surface area contributed by atoms with E-state index in [1.807, 2.05) is 38.1 Å². The molecule has 2 rings (SSSR count). The maximum absolute atomic E-state index is 5.82. The largest absolute Gasteiger partial charge is 0.493 e. The predicted octanol–water partition coefficient (Wildman–Crippen LogP) is 3.64. The molecule has 0 N–H and O–H groups in total. The lowest BCUT2D eigenvalue weighted by molar-refractivity contribution is 0.233. The van der Waals surface area contributed by atoms with E-state index in [4.69, 9.17) is 9.47 Å². The zero-order valence-corrected chi connectivity index (χ0v) is 9.86. The van der Waals surface area contributed by atoms with Crippen LogP contribution < -0.4 is 9.47 Å². The predicted molar refractivity (Wildman–Crippen MR) is 66.3 cm³/mol. The molecule has 0 heterocycles. The van der Waals surface area contributed by atoms with Crippen LogP contribution in [0.25, 0.3) is 10.8 Å². The highest BCUT2D eigenvalue weighted by Crippen LogP contribution is 2.35. The van der Waals surface area contributed by atoms with Gasteiger partial charge < -0.3 is 9.47 Å². The molecule has 0 aliphatic rings. The van der Waals surface area contributed by atoms with Gasteiger partial charge in [0.1, 0.15) is 0 Å². The summed E-state index contributed by atoms with van der Waals surface area (Å²) >= 11 is 0. The van der Waals surface area contributed by atoms with Crippen LogP contribution in [0.2, 0.25) is 0 Å². The van der Waals surface area contributed by atoms with Crippen LogP contribution in [0.1, 0.15) is 13.8 Å². The highest BCUT2D eigenvalue weighted by atomic mass is 16.5. The zero-order chi connectivity index (χ0) is 11.5. The molecule has 0 unspecified atom stereocenters. The number of benzene rings is 2. The maximum Gasteiger partial charge on any atom is 0.169 e. The number of hydrogen-bond acceptors (Lipinski definition) is 2. The van der Waals surface area contributed by atoms with Crippen molar-refractivity contribution in [1.29, 1.82) is 0 Å². The molecule has 2 aromatic rings. The molecule has 0 aliphatic heterocycles. The lowest BCUT2D eigenvalue weighted by Gasteiger charge is -2.15. The van der Waals surface area contributed by atoms with Gasteiger partial charge >= 0.3 is 0 Å². The molecule has 0 saturated carbocycles. The monoisotopic (exact) mass is 216 g/mol. The molecule has 0 spiro atoms. The van der Waals surface area contributed by atoms with E-state index in [0.717, 1.165) is 16.9 Å². The van der Waals surface area contributed by atoms with E-state index in [1.165, 1.54) is 5.39 Å². The van der Waals surface area contributed by atoms with Crippen molar-refractivity contribution >= 4 is 10.8 Å². The van der Waals surface area contributed by atoms with Crippen molar-refractivity contribution in [1.82, 2.24) is 0 Å². The molecular weight excluding hydrogens is 200 g/mol. The smallest absolute Gasteiger partial charge is 0.169 e. The lowest BCUT2D eigenvalue weighted by Crippen LogP contribution is -2.07. The molecule has 0 aromatic heterocycles. The Bertz CT molecular complexity index is 489. The van der Waals surface area contributed by atoms with E-state index < -0.39 is 0 Å². The van der Waals surface area contributed by atoms with Gasteiger partial charge in [-0.25, -0.2) is 0 Å². The summed E-state index contributed by atoms with van der Waals surface area (Å²) in [6.07, 6.45) is 0.139. The lowest BCUT2D eigenvalue weighted by atomic mass is 10.1. The van der Waals surface area contributed by atoms with Gasteiger partial charge in [-0.1, -0.05) is 30.3 Å². The Morgan fingerprint density at radius 1 is 1.00 bits per heavy atom. The molecule has 0 saturated heterocycles. The van der Waals surface area contributed by atoms with Gasteiger partial charge in [0.25, 0.3) is 0 Å². The molecule has 0 aliphatic carbocycles. The van der Waals surface area contributed by atoms with E-state index in [-0.39, 0.29) is 6.10 Å². The van der Waals surface area contributed by atoms with Crippen LogP contribution in [-0.4, -0.2) is 13.2 Å². The van der Waals surface area contributed by atoms with Crippen LogP contribution >= 0.6 is 0 Å². The van der Waals surface area contributed by atoms with Gasteiger partial charge in [-0.2, -0.15) is 0 Å². The van der Waals surface area contributed by atoms with Crippen LogP contribution in [0.5, 0.6) is 11.5 Å². The van der Waals surface area contributed by atoms with Crippen molar-refractivity contribution < 1.29 is 9.47 Å². The SMILES string of the molecule is COc1ccc2ccccc2c1OC(C)C. The standard InChI is InChI=1S/C14H16O2/c1-10(2)16-14-12-7-5-4-6-11(12)8-9-13(14)15-3/h4-10H,1-3H3. The zero-order valence-electron chi connectivity index (χ0n) is 9.86. The second-order valence-electron chi connectivity index (χ2n) is 3.98. The Hall–Kier alpha value is -1.70. The summed E-state index contributed by atoms with van der Waals surface area (Å²) in [5.41, 5.74) is 0. The Morgan fingerprint density at radius 3 is 2.44 bits per heavy atom. The Morgan fingerprint density at radius 2 is 1.75 bits per heavy atom. The molecule has 0 bridgehead atoms. The fourth-order valence-corrected chi connectivity index (χ4v) is 1.74. The van der Waals surface area contributed by atoms with E-state index in [2.05, 4.69) is 12.1 Å². The summed E-state index contributed by atoms with van der Waals surface area (Å²) in [5, 5.41) is 2.26. The van der Waals surface area contributed by atoms with Gasteiger partial charge in [0.15, 0.2) is 11.5 Å². The Balaban J connectivity index is 2.63. The first-order chi connectivity index (χ1) is 7.72. The number of fused-ring (bicyclic) bond motifs is 1. The van der Waals surface area contributed by atoms with E-state index in [0.29, 0.717) is 0 Å². The number of methoxy groups -OCH3 is 1. The molecule has 0 radical (unpaired) electrons. The van der Waals surface area contributed by atoms with Crippen LogP contribution in [0, 0.1) is 0 Å². The van der Waals surface area contributed by atoms with E-state index >= 15 is 0 Å². The third-order valence-electron chi connectivity index (χ3n) is 2.42. The first kappa shape index (κ1) is 10.8. The van der Waals surface area contributed by atoms with Crippen molar-refractivity contribution in [3.05, 3.63) is 36.4 Å². The summed E-state index contributed by atoms with van der Waals surface area (Å²) in [5.74, 6) is 1.61. The quantitative estimate of drug-likeness (QED) is 0.780. The molecule has 16 heavy (non-hydrogen) atoms. The Kier molecular flexibility index (Phi) is 3.00. The number of hydrogen-bond donors (Lipinski definition) is 0. The number of ether oxygens (including phenoxy) is 2. The van der Waals surface area contributed by atoms with Crippen molar-refractivity contribution in [2.24, 2.45) is 0 Å².